The molecule has 1 saturated carbocycles. The molecule has 0 aromatic heterocycles. The van der Waals surface area contributed by atoms with E-state index in [1.807, 2.05) is 4.90 Å². The van der Waals surface area contributed by atoms with Gasteiger partial charge in [0.2, 0.25) is 5.91 Å². The third kappa shape index (κ3) is 4.99. The first-order valence-electron chi connectivity index (χ1n) is 9.59. The number of aliphatic imine (C=N–C) groups is 1. The molecule has 1 aliphatic carbocycles. The fraction of sp³-hybridized carbons (Fsp3) is 0.889. The van der Waals surface area contributed by atoms with Crippen molar-refractivity contribution in [1.29, 1.82) is 0 Å². The summed E-state index contributed by atoms with van der Waals surface area (Å²) < 4.78 is 0. The normalized spacial score (nSPS) is 27.0. The molecule has 0 aromatic carbocycles. The summed E-state index contributed by atoms with van der Waals surface area (Å²) in [6, 6.07) is 0. The molecule has 0 bridgehead atoms. The van der Waals surface area contributed by atoms with Crippen LogP contribution in [0.2, 0.25) is 0 Å². The first kappa shape index (κ1) is 19.8. The lowest BCUT2D eigenvalue weighted by molar-refractivity contribution is -0.129. The molecule has 24 heavy (non-hydrogen) atoms. The smallest absolute Gasteiger partial charge is 0.224 e. The van der Waals surface area contributed by atoms with Gasteiger partial charge in [-0.05, 0) is 44.4 Å². The lowest BCUT2D eigenvalue weighted by atomic mass is 9.82. The standard InChI is InChI=1S/C18H32N4O.HI/c1-2-19-18(20-10-9-17(23)21-11-5-6-12-21)22-13-15-7-3-4-8-16(15)14-22;/h15-16H,2-14H2,1H3,(H,19,20);1H. The van der Waals surface area contributed by atoms with E-state index in [0.717, 1.165) is 63.4 Å². The zero-order valence-corrected chi connectivity index (χ0v) is 17.3. The van der Waals surface area contributed by atoms with Crippen molar-refractivity contribution in [3.8, 4) is 0 Å². The van der Waals surface area contributed by atoms with Crippen LogP contribution in [0.1, 0.15) is 51.9 Å². The highest BCUT2D eigenvalue weighted by atomic mass is 127. The number of fused-ring (bicyclic) bond motifs is 1. The predicted molar refractivity (Wildman–Crippen MR) is 109 cm³/mol. The topological polar surface area (TPSA) is 47.9 Å². The fourth-order valence-corrected chi connectivity index (χ4v) is 4.39. The van der Waals surface area contributed by atoms with Crippen molar-refractivity contribution in [1.82, 2.24) is 15.1 Å². The Morgan fingerprint density at radius 2 is 1.67 bits per heavy atom. The molecule has 0 aromatic rings. The largest absolute Gasteiger partial charge is 0.357 e. The van der Waals surface area contributed by atoms with Gasteiger partial charge in [-0.3, -0.25) is 9.79 Å². The van der Waals surface area contributed by atoms with Gasteiger partial charge in [-0.2, -0.15) is 0 Å². The molecule has 0 spiro atoms. The first-order valence-corrected chi connectivity index (χ1v) is 9.59. The van der Waals surface area contributed by atoms with Crippen LogP contribution in [-0.4, -0.2) is 60.9 Å². The lowest BCUT2D eigenvalue weighted by Crippen LogP contribution is -2.40. The van der Waals surface area contributed by atoms with E-state index in [1.165, 1.54) is 25.7 Å². The number of likely N-dealkylation sites (tertiary alicyclic amines) is 2. The zero-order chi connectivity index (χ0) is 16.1. The second-order valence-corrected chi connectivity index (χ2v) is 7.28. The second-order valence-electron chi connectivity index (χ2n) is 7.28. The van der Waals surface area contributed by atoms with Crippen LogP contribution in [0, 0.1) is 11.8 Å². The molecule has 2 heterocycles. The minimum atomic E-state index is 0. The number of rotatable bonds is 4. The Morgan fingerprint density at radius 3 is 2.25 bits per heavy atom. The van der Waals surface area contributed by atoms with E-state index < -0.39 is 0 Å². The summed E-state index contributed by atoms with van der Waals surface area (Å²) in [6.07, 6.45) is 8.43. The highest BCUT2D eigenvalue weighted by molar-refractivity contribution is 14.0. The monoisotopic (exact) mass is 448 g/mol. The van der Waals surface area contributed by atoms with E-state index in [0.29, 0.717) is 13.0 Å². The van der Waals surface area contributed by atoms with Crippen LogP contribution in [0.4, 0.5) is 0 Å². The number of halogens is 1. The maximum absolute atomic E-state index is 12.1. The van der Waals surface area contributed by atoms with Crippen molar-refractivity contribution in [2.45, 2.75) is 51.9 Å². The van der Waals surface area contributed by atoms with E-state index in [-0.39, 0.29) is 29.9 Å². The molecule has 138 valence electrons. The van der Waals surface area contributed by atoms with Gasteiger partial charge in [0.1, 0.15) is 0 Å². The predicted octanol–water partition coefficient (Wildman–Crippen LogP) is 2.70. The molecule has 2 atom stereocenters. The minimum Gasteiger partial charge on any atom is -0.357 e. The molecule has 0 radical (unpaired) electrons. The summed E-state index contributed by atoms with van der Waals surface area (Å²) in [4.78, 5) is 21.3. The molecule has 5 nitrogen and oxygen atoms in total. The van der Waals surface area contributed by atoms with Crippen LogP contribution >= 0.6 is 24.0 Å². The van der Waals surface area contributed by atoms with Gasteiger partial charge in [0, 0.05) is 39.1 Å². The van der Waals surface area contributed by atoms with Gasteiger partial charge in [-0.25, -0.2) is 0 Å². The number of hydrogen-bond acceptors (Lipinski definition) is 2. The first-order chi connectivity index (χ1) is 11.3. The number of nitrogens with one attached hydrogen (secondary N) is 1. The second kappa shape index (κ2) is 9.82. The summed E-state index contributed by atoms with van der Waals surface area (Å²) in [5.41, 5.74) is 0. The van der Waals surface area contributed by atoms with Crippen molar-refractivity contribution in [3.05, 3.63) is 0 Å². The number of nitrogens with zero attached hydrogens (tertiary/aromatic N) is 3. The third-order valence-corrected chi connectivity index (χ3v) is 5.66. The van der Waals surface area contributed by atoms with Crippen LogP contribution in [0.25, 0.3) is 0 Å². The van der Waals surface area contributed by atoms with Gasteiger partial charge in [0.25, 0.3) is 0 Å². The van der Waals surface area contributed by atoms with Crippen LogP contribution in [-0.2, 0) is 4.79 Å². The molecule has 3 fully saturated rings. The van der Waals surface area contributed by atoms with Crippen LogP contribution < -0.4 is 5.32 Å². The number of amides is 1. The summed E-state index contributed by atoms with van der Waals surface area (Å²) in [5, 5.41) is 3.43. The molecule has 1 amide bonds. The lowest BCUT2D eigenvalue weighted by Gasteiger charge is -2.22. The quantitative estimate of drug-likeness (QED) is 0.409. The Kier molecular flexibility index (Phi) is 8.10. The summed E-state index contributed by atoms with van der Waals surface area (Å²) in [7, 11) is 0. The molecule has 2 saturated heterocycles. The van der Waals surface area contributed by atoms with E-state index in [1.54, 1.807) is 0 Å². The fourth-order valence-electron chi connectivity index (χ4n) is 4.39. The van der Waals surface area contributed by atoms with Gasteiger partial charge in [0.05, 0.1) is 6.54 Å². The Hall–Kier alpha value is -0.530. The van der Waals surface area contributed by atoms with Crippen molar-refractivity contribution >= 4 is 35.8 Å². The number of carbonyl (C=O) groups is 1. The van der Waals surface area contributed by atoms with Crippen LogP contribution in [0.3, 0.4) is 0 Å². The average Bonchev–Trinajstić information content (AvgIpc) is 3.23. The maximum Gasteiger partial charge on any atom is 0.224 e. The molecule has 1 N–H and O–H groups in total. The summed E-state index contributed by atoms with van der Waals surface area (Å²) in [6.45, 7) is 7.81. The Labute approximate surface area is 163 Å². The molecular weight excluding hydrogens is 415 g/mol. The van der Waals surface area contributed by atoms with Gasteiger partial charge in [-0.15, -0.1) is 24.0 Å². The molecule has 6 heteroatoms. The van der Waals surface area contributed by atoms with Crippen molar-refractivity contribution in [2.75, 3.05) is 39.3 Å². The van der Waals surface area contributed by atoms with Gasteiger partial charge < -0.3 is 15.1 Å². The van der Waals surface area contributed by atoms with E-state index in [4.69, 9.17) is 4.99 Å². The van der Waals surface area contributed by atoms with E-state index in [9.17, 15) is 4.79 Å². The van der Waals surface area contributed by atoms with Gasteiger partial charge in [-0.1, -0.05) is 12.8 Å². The average molecular weight is 448 g/mol. The van der Waals surface area contributed by atoms with Crippen molar-refractivity contribution in [2.24, 2.45) is 16.8 Å². The number of guanidine groups is 1. The number of hydrogen-bond donors (Lipinski definition) is 1. The minimum absolute atomic E-state index is 0. The third-order valence-electron chi connectivity index (χ3n) is 5.66. The molecular formula is C18H33IN4O. The molecule has 3 rings (SSSR count). The van der Waals surface area contributed by atoms with Gasteiger partial charge >= 0.3 is 0 Å². The Morgan fingerprint density at radius 1 is 1.04 bits per heavy atom. The summed E-state index contributed by atoms with van der Waals surface area (Å²) >= 11 is 0. The zero-order valence-electron chi connectivity index (χ0n) is 15.0. The van der Waals surface area contributed by atoms with E-state index in [2.05, 4.69) is 17.1 Å². The highest BCUT2D eigenvalue weighted by Crippen LogP contribution is 2.35. The van der Waals surface area contributed by atoms with Crippen molar-refractivity contribution < 1.29 is 4.79 Å². The van der Waals surface area contributed by atoms with Crippen LogP contribution in [0.5, 0.6) is 0 Å². The SMILES string of the molecule is CCNC(=NCCC(=O)N1CCCC1)N1CC2CCCCC2C1.I. The summed E-state index contributed by atoms with van der Waals surface area (Å²) in [5.74, 6) is 3.02. The molecule has 2 unspecified atom stereocenters. The highest BCUT2D eigenvalue weighted by Gasteiger charge is 2.35. The Bertz CT molecular complexity index is 423. The maximum atomic E-state index is 12.1. The van der Waals surface area contributed by atoms with E-state index >= 15 is 0 Å². The molecule has 3 aliphatic rings. The van der Waals surface area contributed by atoms with Crippen molar-refractivity contribution in [3.63, 3.8) is 0 Å². The molecule has 2 aliphatic heterocycles. The number of carbonyl (C=O) groups excluding carboxylic acids is 1. The Balaban J connectivity index is 0.00000208. The van der Waals surface area contributed by atoms with Crippen LogP contribution in [0.15, 0.2) is 4.99 Å². The van der Waals surface area contributed by atoms with Gasteiger partial charge in [0.15, 0.2) is 5.96 Å².